The molecule has 2 aromatic rings. The predicted molar refractivity (Wildman–Crippen MR) is 74.0 cm³/mol. The Balaban J connectivity index is 1.89. The lowest BCUT2D eigenvalue weighted by atomic mass is 10.2. The molecule has 2 rings (SSSR count). The second-order valence-corrected chi connectivity index (χ2v) is 5.12. The fourth-order valence-electron chi connectivity index (χ4n) is 1.43. The Morgan fingerprint density at radius 2 is 2.39 bits per heavy atom. The monoisotopic (exact) mass is 281 g/mol. The van der Waals surface area contributed by atoms with Crippen LogP contribution < -0.4 is 11.1 Å². The van der Waals surface area contributed by atoms with Crippen LogP contribution in [0.4, 0.5) is 5.82 Å². The third-order valence-corrected chi connectivity index (χ3v) is 3.61. The third-order valence-electron chi connectivity index (χ3n) is 2.37. The van der Waals surface area contributed by atoms with Crippen LogP contribution in [-0.4, -0.2) is 17.4 Å². The first kappa shape index (κ1) is 12.9. The number of amides is 1. The number of rotatable bonds is 4. The van der Waals surface area contributed by atoms with Crippen molar-refractivity contribution in [3.8, 4) is 0 Å². The van der Waals surface area contributed by atoms with Crippen LogP contribution >= 0.6 is 22.9 Å². The van der Waals surface area contributed by atoms with E-state index in [0.717, 1.165) is 6.42 Å². The van der Waals surface area contributed by atoms with Gasteiger partial charge in [-0.15, -0.1) is 11.3 Å². The summed E-state index contributed by atoms with van der Waals surface area (Å²) >= 11 is 7.48. The molecule has 2 heterocycles. The quantitative estimate of drug-likeness (QED) is 0.904. The zero-order valence-electron chi connectivity index (χ0n) is 9.52. The highest BCUT2D eigenvalue weighted by Crippen LogP contribution is 2.16. The average molecular weight is 282 g/mol. The highest BCUT2D eigenvalue weighted by molar-refractivity contribution is 7.09. The molecule has 2 aromatic heterocycles. The maximum absolute atomic E-state index is 11.8. The number of nitrogens with two attached hydrogens (primary N) is 1. The zero-order valence-corrected chi connectivity index (χ0v) is 11.1. The topological polar surface area (TPSA) is 68.0 Å². The van der Waals surface area contributed by atoms with E-state index in [1.54, 1.807) is 11.3 Å². The smallest absolute Gasteiger partial charge is 0.252 e. The first-order valence-electron chi connectivity index (χ1n) is 5.38. The number of carbonyl (C=O) groups excluding carboxylic acids is 1. The predicted octanol–water partition coefficient (Wildman–Crippen LogP) is 2.35. The fourth-order valence-corrected chi connectivity index (χ4v) is 2.30. The maximum atomic E-state index is 11.8. The van der Waals surface area contributed by atoms with Crippen molar-refractivity contribution in [2.75, 3.05) is 12.3 Å². The number of thiophene rings is 1. The molecule has 0 saturated carbocycles. The van der Waals surface area contributed by atoms with Crippen molar-refractivity contribution in [2.45, 2.75) is 6.42 Å². The van der Waals surface area contributed by atoms with E-state index in [1.165, 1.54) is 17.1 Å². The second kappa shape index (κ2) is 5.84. The van der Waals surface area contributed by atoms with E-state index in [2.05, 4.69) is 10.3 Å². The average Bonchev–Trinajstić information content (AvgIpc) is 2.85. The summed E-state index contributed by atoms with van der Waals surface area (Å²) < 4.78 is 0. The number of carbonyl (C=O) groups is 1. The molecule has 18 heavy (non-hydrogen) atoms. The van der Waals surface area contributed by atoms with E-state index in [4.69, 9.17) is 17.3 Å². The van der Waals surface area contributed by atoms with Gasteiger partial charge >= 0.3 is 0 Å². The van der Waals surface area contributed by atoms with Crippen molar-refractivity contribution in [1.82, 2.24) is 10.3 Å². The van der Waals surface area contributed by atoms with Crippen LogP contribution in [0.15, 0.2) is 29.8 Å². The Hall–Kier alpha value is -1.59. The summed E-state index contributed by atoms with van der Waals surface area (Å²) in [5, 5.41) is 5.12. The minimum Gasteiger partial charge on any atom is -0.382 e. The number of hydrogen-bond acceptors (Lipinski definition) is 4. The van der Waals surface area contributed by atoms with Crippen LogP contribution in [0.2, 0.25) is 5.02 Å². The van der Waals surface area contributed by atoms with Gasteiger partial charge in [0.15, 0.2) is 0 Å². The summed E-state index contributed by atoms with van der Waals surface area (Å²) in [4.78, 5) is 16.9. The summed E-state index contributed by atoms with van der Waals surface area (Å²) in [6.45, 7) is 0.585. The highest BCUT2D eigenvalue weighted by Gasteiger charge is 2.08. The Kier molecular flexibility index (Phi) is 4.17. The van der Waals surface area contributed by atoms with Gasteiger partial charge in [0.2, 0.25) is 0 Å². The van der Waals surface area contributed by atoms with Crippen molar-refractivity contribution in [3.63, 3.8) is 0 Å². The highest BCUT2D eigenvalue weighted by atomic mass is 35.5. The molecule has 3 N–H and O–H groups in total. The van der Waals surface area contributed by atoms with Gasteiger partial charge in [0.25, 0.3) is 5.91 Å². The molecule has 94 valence electrons. The van der Waals surface area contributed by atoms with Gasteiger partial charge in [0.05, 0.1) is 10.6 Å². The number of nitrogens with zero attached hydrogens (tertiary/aromatic N) is 1. The van der Waals surface area contributed by atoms with Crippen LogP contribution in [0.25, 0.3) is 0 Å². The van der Waals surface area contributed by atoms with Gasteiger partial charge < -0.3 is 11.1 Å². The molecule has 6 heteroatoms. The number of hydrogen-bond donors (Lipinski definition) is 2. The normalized spacial score (nSPS) is 10.3. The first-order chi connectivity index (χ1) is 8.66. The Bertz CT molecular complexity index is 542. The van der Waals surface area contributed by atoms with E-state index in [1.807, 2.05) is 17.5 Å². The summed E-state index contributed by atoms with van der Waals surface area (Å²) in [5.41, 5.74) is 5.90. The first-order valence-corrected chi connectivity index (χ1v) is 6.64. The summed E-state index contributed by atoms with van der Waals surface area (Å²) in [7, 11) is 0. The minimum atomic E-state index is -0.194. The molecule has 0 aliphatic heterocycles. The fraction of sp³-hybridized carbons (Fsp3) is 0.167. The lowest BCUT2D eigenvalue weighted by Crippen LogP contribution is -2.25. The van der Waals surface area contributed by atoms with Crippen LogP contribution in [0.1, 0.15) is 15.2 Å². The number of anilines is 1. The standard InChI is InChI=1S/C12H12ClN3OS/c13-10-6-8(7-16-11(10)14)12(17)15-4-3-9-2-1-5-18-9/h1-2,5-7H,3-4H2,(H2,14,16)(H,15,17). The van der Waals surface area contributed by atoms with E-state index in [0.29, 0.717) is 17.1 Å². The minimum absolute atomic E-state index is 0.194. The maximum Gasteiger partial charge on any atom is 0.252 e. The van der Waals surface area contributed by atoms with E-state index in [-0.39, 0.29) is 11.7 Å². The molecular weight excluding hydrogens is 270 g/mol. The number of nitrogens with one attached hydrogen (secondary N) is 1. The number of aromatic nitrogens is 1. The van der Waals surface area contributed by atoms with Crippen LogP contribution in [0, 0.1) is 0 Å². The van der Waals surface area contributed by atoms with Gasteiger partial charge in [-0.25, -0.2) is 4.98 Å². The molecule has 1 amide bonds. The second-order valence-electron chi connectivity index (χ2n) is 3.68. The van der Waals surface area contributed by atoms with Gasteiger partial charge in [-0.3, -0.25) is 4.79 Å². The number of halogens is 1. The SMILES string of the molecule is Nc1ncc(C(=O)NCCc2cccs2)cc1Cl. The van der Waals surface area contributed by atoms with Crippen molar-refractivity contribution in [1.29, 1.82) is 0 Å². The molecule has 0 aliphatic rings. The Morgan fingerprint density at radius 1 is 1.56 bits per heavy atom. The number of nitrogen functional groups attached to an aromatic ring is 1. The largest absolute Gasteiger partial charge is 0.382 e. The van der Waals surface area contributed by atoms with E-state index >= 15 is 0 Å². The van der Waals surface area contributed by atoms with Gasteiger partial charge in [0.1, 0.15) is 5.82 Å². The van der Waals surface area contributed by atoms with Crippen LogP contribution in [-0.2, 0) is 6.42 Å². The number of pyridine rings is 1. The molecule has 4 nitrogen and oxygen atoms in total. The van der Waals surface area contributed by atoms with Crippen LogP contribution in [0.3, 0.4) is 0 Å². The van der Waals surface area contributed by atoms with Crippen molar-refractivity contribution in [3.05, 3.63) is 45.2 Å². The molecule has 0 spiro atoms. The van der Waals surface area contributed by atoms with Gasteiger partial charge in [0, 0.05) is 17.6 Å². The van der Waals surface area contributed by atoms with E-state index < -0.39 is 0 Å². The molecule has 0 fully saturated rings. The molecule has 0 aromatic carbocycles. The molecule has 0 unspecified atom stereocenters. The van der Waals surface area contributed by atoms with Crippen molar-refractivity contribution >= 4 is 34.7 Å². The van der Waals surface area contributed by atoms with E-state index in [9.17, 15) is 4.79 Å². The van der Waals surface area contributed by atoms with Crippen molar-refractivity contribution < 1.29 is 4.79 Å². The Morgan fingerprint density at radius 3 is 3.06 bits per heavy atom. The molecular formula is C12H12ClN3OS. The van der Waals surface area contributed by atoms with Crippen LogP contribution in [0.5, 0.6) is 0 Å². The van der Waals surface area contributed by atoms with Gasteiger partial charge in [-0.1, -0.05) is 17.7 Å². The summed E-state index contributed by atoms with van der Waals surface area (Å²) in [6, 6.07) is 5.55. The summed E-state index contributed by atoms with van der Waals surface area (Å²) in [6.07, 6.45) is 2.24. The van der Waals surface area contributed by atoms with Crippen molar-refractivity contribution in [2.24, 2.45) is 0 Å². The Labute approximate surface area is 114 Å². The molecule has 0 aliphatic carbocycles. The molecule has 0 radical (unpaired) electrons. The lowest BCUT2D eigenvalue weighted by molar-refractivity contribution is 0.0954. The zero-order chi connectivity index (χ0) is 13.0. The molecule has 0 saturated heterocycles. The molecule has 0 atom stereocenters. The van der Waals surface area contributed by atoms with Gasteiger partial charge in [-0.05, 0) is 23.9 Å². The third kappa shape index (κ3) is 3.21. The summed E-state index contributed by atoms with van der Waals surface area (Å²) in [5.74, 6) is 0.0350. The lowest BCUT2D eigenvalue weighted by Gasteiger charge is -2.05. The molecule has 0 bridgehead atoms. The van der Waals surface area contributed by atoms with Gasteiger partial charge in [-0.2, -0.15) is 0 Å².